The van der Waals surface area contributed by atoms with Crippen molar-refractivity contribution in [2.24, 2.45) is 5.41 Å². The van der Waals surface area contributed by atoms with Crippen LogP contribution in [0.3, 0.4) is 0 Å². The zero-order valence-electron chi connectivity index (χ0n) is 13.4. The minimum Gasteiger partial charge on any atom is -0.396 e. The third-order valence-electron chi connectivity index (χ3n) is 6.53. The lowest BCUT2D eigenvalue weighted by Gasteiger charge is -2.56. The highest BCUT2D eigenvalue weighted by atomic mass is 16.3. The van der Waals surface area contributed by atoms with Crippen LogP contribution in [-0.2, 0) is 6.42 Å². The molecule has 3 aliphatic heterocycles. The van der Waals surface area contributed by atoms with Gasteiger partial charge in [-0.3, -0.25) is 4.90 Å². The summed E-state index contributed by atoms with van der Waals surface area (Å²) in [5.41, 5.74) is 3.98. The Morgan fingerprint density at radius 1 is 1.22 bits per heavy atom. The number of hydrogen-bond acceptors (Lipinski definition) is 3. The summed E-state index contributed by atoms with van der Waals surface area (Å²) in [6, 6.07) is 8.88. The number of piperidine rings is 1. The number of para-hydroxylation sites is 1. The molecule has 3 atom stereocenters. The topological polar surface area (TPSA) is 48.6 Å². The lowest BCUT2D eigenvalue weighted by atomic mass is 9.64. The molecule has 1 aromatic carbocycles. The first-order valence-corrected chi connectivity index (χ1v) is 8.90. The number of aliphatic hydroxyl groups is 2. The normalized spacial score (nSPS) is 33.0. The largest absolute Gasteiger partial charge is 0.396 e. The van der Waals surface area contributed by atoms with Crippen LogP contribution in [0, 0.1) is 5.41 Å². The summed E-state index contributed by atoms with van der Waals surface area (Å²) in [7, 11) is 0. The van der Waals surface area contributed by atoms with Crippen LogP contribution in [0.1, 0.15) is 49.2 Å². The first-order chi connectivity index (χ1) is 11.2. The number of rotatable bonds is 2. The van der Waals surface area contributed by atoms with E-state index in [0.29, 0.717) is 6.04 Å². The highest BCUT2D eigenvalue weighted by Crippen LogP contribution is 2.59. The molecule has 0 spiro atoms. The van der Waals surface area contributed by atoms with Gasteiger partial charge in [-0.2, -0.15) is 0 Å². The highest BCUT2D eigenvalue weighted by molar-refractivity contribution is 5.86. The molecule has 1 fully saturated rings. The molecule has 0 bridgehead atoms. The van der Waals surface area contributed by atoms with E-state index in [2.05, 4.69) is 33.7 Å². The van der Waals surface area contributed by atoms with Crippen molar-refractivity contribution in [1.29, 1.82) is 0 Å². The molecule has 1 saturated heterocycles. The molecule has 0 radical (unpaired) electrons. The Bertz CT molecular complexity index is 764. The molecule has 23 heavy (non-hydrogen) atoms. The monoisotopic (exact) mass is 312 g/mol. The Kier molecular flexibility index (Phi) is 2.94. The first-order valence-electron chi connectivity index (χ1n) is 8.90. The number of fused-ring (bicyclic) bond motifs is 3. The average molecular weight is 312 g/mol. The van der Waals surface area contributed by atoms with Crippen molar-refractivity contribution >= 4 is 10.9 Å². The van der Waals surface area contributed by atoms with Crippen LogP contribution in [0.25, 0.3) is 10.9 Å². The molecular formula is C19H24N2O2. The van der Waals surface area contributed by atoms with Crippen molar-refractivity contribution < 1.29 is 10.2 Å². The van der Waals surface area contributed by atoms with Crippen LogP contribution in [0.15, 0.2) is 24.3 Å². The summed E-state index contributed by atoms with van der Waals surface area (Å²) in [6.45, 7) is 2.47. The molecule has 0 amide bonds. The second kappa shape index (κ2) is 4.82. The minimum absolute atomic E-state index is 0.0337. The van der Waals surface area contributed by atoms with E-state index in [1.165, 1.54) is 28.6 Å². The zero-order chi connectivity index (χ0) is 15.6. The Morgan fingerprint density at radius 2 is 2.09 bits per heavy atom. The standard InChI is InChI=1S/C19H24N2O2/c22-11-8-19-7-3-9-20-10-6-14-13-4-1-2-5-15(13)21(16(23)12-19)17(14)18(19)20/h1-2,4-5,16,18,22-23H,3,6-12H2/t16-,18+,19+/m0/s1. The zero-order valence-corrected chi connectivity index (χ0v) is 13.4. The molecule has 122 valence electrons. The fraction of sp³-hybridized carbons (Fsp3) is 0.579. The van der Waals surface area contributed by atoms with E-state index in [0.717, 1.165) is 38.8 Å². The molecule has 4 heterocycles. The van der Waals surface area contributed by atoms with Crippen LogP contribution < -0.4 is 0 Å². The maximum atomic E-state index is 11.0. The van der Waals surface area contributed by atoms with Gasteiger partial charge in [0.15, 0.2) is 0 Å². The molecule has 0 unspecified atom stereocenters. The summed E-state index contributed by atoms with van der Waals surface area (Å²) >= 11 is 0. The molecule has 0 saturated carbocycles. The summed E-state index contributed by atoms with van der Waals surface area (Å²) in [6.07, 6.45) is 4.46. The predicted molar refractivity (Wildman–Crippen MR) is 89.2 cm³/mol. The van der Waals surface area contributed by atoms with Gasteiger partial charge in [0.25, 0.3) is 0 Å². The SMILES string of the molecule is OCC[C@]12CCCN3CCc4c(n(c5ccccc45)[C@@H](O)C1)[C@@H]32. The van der Waals surface area contributed by atoms with Crippen molar-refractivity contribution in [3.63, 3.8) is 0 Å². The Labute approximate surface area is 136 Å². The first kappa shape index (κ1) is 14.0. The minimum atomic E-state index is -0.468. The maximum absolute atomic E-state index is 11.0. The van der Waals surface area contributed by atoms with Crippen LogP contribution >= 0.6 is 0 Å². The predicted octanol–water partition coefficient (Wildman–Crippen LogP) is 2.60. The van der Waals surface area contributed by atoms with Crippen LogP contribution in [-0.4, -0.2) is 39.4 Å². The summed E-state index contributed by atoms with van der Waals surface area (Å²) in [4.78, 5) is 2.61. The fourth-order valence-corrected chi connectivity index (χ4v) is 5.73. The molecule has 4 nitrogen and oxygen atoms in total. The lowest BCUT2D eigenvalue weighted by molar-refractivity contribution is -0.0866. The third kappa shape index (κ3) is 1.72. The van der Waals surface area contributed by atoms with Crippen LogP contribution in [0.5, 0.6) is 0 Å². The van der Waals surface area contributed by atoms with E-state index in [1.54, 1.807) is 0 Å². The van der Waals surface area contributed by atoms with Gasteiger partial charge in [-0.15, -0.1) is 0 Å². The molecule has 1 aromatic heterocycles. The number of aromatic nitrogens is 1. The van der Waals surface area contributed by atoms with Gasteiger partial charge in [0.2, 0.25) is 0 Å². The molecular weight excluding hydrogens is 288 g/mol. The Hall–Kier alpha value is -1.36. The van der Waals surface area contributed by atoms with Gasteiger partial charge >= 0.3 is 0 Å². The molecule has 2 N–H and O–H groups in total. The maximum Gasteiger partial charge on any atom is 0.131 e. The molecule has 3 aliphatic rings. The summed E-state index contributed by atoms with van der Waals surface area (Å²) in [5.74, 6) is 0. The van der Waals surface area contributed by atoms with Crippen molar-refractivity contribution in [2.75, 3.05) is 19.7 Å². The second-order valence-corrected chi connectivity index (χ2v) is 7.56. The summed E-state index contributed by atoms with van der Waals surface area (Å²) in [5, 5.41) is 22.0. The third-order valence-corrected chi connectivity index (χ3v) is 6.53. The van der Waals surface area contributed by atoms with Gasteiger partial charge in [0.1, 0.15) is 6.23 Å². The van der Waals surface area contributed by atoms with Crippen molar-refractivity contribution in [1.82, 2.24) is 9.47 Å². The second-order valence-electron chi connectivity index (χ2n) is 7.56. The van der Waals surface area contributed by atoms with E-state index in [-0.39, 0.29) is 12.0 Å². The van der Waals surface area contributed by atoms with Crippen molar-refractivity contribution in [2.45, 2.75) is 44.4 Å². The highest BCUT2D eigenvalue weighted by Gasteiger charge is 2.53. The van der Waals surface area contributed by atoms with Gasteiger partial charge in [-0.1, -0.05) is 18.2 Å². The smallest absolute Gasteiger partial charge is 0.131 e. The van der Waals surface area contributed by atoms with E-state index >= 15 is 0 Å². The molecule has 2 aromatic rings. The van der Waals surface area contributed by atoms with Crippen molar-refractivity contribution in [3.05, 3.63) is 35.5 Å². The number of hydrogen-bond donors (Lipinski definition) is 2. The van der Waals surface area contributed by atoms with Gasteiger partial charge in [-0.25, -0.2) is 0 Å². The van der Waals surface area contributed by atoms with Gasteiger partial charge in [-0.05, 0) is 49.3 Å². The summed E-state index contributed by atoms with van der Waals surface area (Å²) < 4.78 is 2.20. The van der Waals surface area contributed by atoms with E-state index in [4.69, 9.17) is 0 Å². The Balaban J connectivity index is 1.81. The van der Waals surface area contributed by atoms with Crippen LogP contribution in [0.2, 0.25) is 0 Å². The molecule has 0 aliphatic carbocycles. The molecule has 5 rings (SSSR count). The fourth-order valence-electron chi connectivity index (χ4n) is 5.73. The van der Waals surface area contributed by atoms with Crippen LogP contribution in [0.4, 0.5) is 0 Å². The lowest BCUT2D eigenvalue weighted by Crippen LogP contribution is -2.53. The van der Waals surface area contributed by atoms with E-state index in [9.17, 15) is 10.2 Å². The van der Waals surface area contributed by atoms with E-state index < -0.39 is 6.23 Å². The average Bonchev–Trinajstić information content (AvgIpc) is 2.90. The van der Waals surface area contributed by atoms with Gasteiger partial charge in [0.05, 0.1) is 11.6 Å². The van der Waals surface area contributed by atoms with E-state index in [1.807, 2.05) is 0 Å². The van der Waals surface area contributed by atoms with Gasteiger partial charge in [0, 0.05) is 30.7 Å². The van der Waals surface area contributed by atoms with Crippen molar-refractivity contribution in [3.8, 4) is 0 Å². The Morgan fingerprint density at radius 3 is 2.96 bits per heavy atom. The number of nitrogens with zero attached hydrogens (tertiary/aromatic N) is 2. The number of aliphatic hydroxyl groups excluding tert-OH is 2. The quantitative estimate of drug-likeness (QED) is 0.896. The van der Waals surface area contributed by atoms with Gasteiger partial charge < -0.3 is 14.8 Å². The number of benzene rings is 1. The molecule has 4 heteroatoms.